The van der Waals surface area contributed by atoms with E-state index in [1.54, 1.807) is 23.5 Å². The zero-order chi connectivity index (χ0) is 14.7. The van der Waals surface area contributed by atoms with Crippen LogP contribution in [0.3, 0.4) is 0 Å². The van der Waals surface area contributed by atoms with E-state index in [-0.39, 0.29) is 0 Å². The number of hydrogen-bond donors (Lipinski definition) is 1. The van der Waals surface area contributed by atoms with Gasteiger partial charge in [-0.15, -0.1) is 11.3 Å². The smallest absolute Gasteiger partial charge is 0.337 e. The molecule has 2 aromatic rings. The molecule has 2 aromatic heterocycles. The van der Waals surface area contributed by atoms with E-state index in [0.29, 0.717) is 17.8 Å². The average Bonchev–Trinajstić information content (AvgIpc) is 3.02. The van der Waals surface area contributed by atoms with Crippen molar-refractivity contribution in [3.63, 3.8) is 0 Å². The van der Waals surface area contributed by atoms with Crippen LogP contribution in [-0.2, 0) is 6.54 Å². The molecule has 0 amide bonds. The number of aromatic nitrogens is 1. The second-order valence-electron chi connectivity index (χ2n) is 5.31. The molecule has 4 nitrogen and oxygen atoms in total. The van der Waals surface area contributed by atoms with Gasteiger partial charge in [-0.05, 0) is 49.5 Å². The molecule has 0 unspecified atom stereocenters. The van der Waals surface area contributed by atoms with E-state index in [4.69, 9.17) is 0 Å². The summed E-state index contributed by atoms with van der Waals surface area (Å²) >= 11 is 1.62. The van der Waals surface area contributed by atoms with E-state index in [2.05, 4.69) is 9.88 Å². The zero-order valence-corrected chi connectivity index (χ0v) is 12.6. The predicted molar refractivity (Wildman–Crippen MR) is 83.6 cm³/mol. The molecule has 1 N–H and O–H groups in total. The fourth-order valence-corrected chi connectivity index (χ4v) is 3.40. The summed E-state index contributed by atoms with van der Waals surface area (Å²) < 4.78 is 0. The lowest BCUT2D eigenvalue weighted by Crippen LogP contribution is -2.30. The van der Waals surface area contributed by atoms with Gasteiger partial charge in [0.2, 0.25) is 0 Å². The fourth-order valence-electron chi connectivity index (χ4n) is 2.71. The van der Waals surface area contributed by atoms with Crippen molar-refractivity contribution in [2.75, 3.05) is 13.1 Å². The molecule has 1 saturated heterocycles. The number of piperidine rings is 1. The van der Waals surface area contributed by atoms with Crippen molar-refractivity contribution < 1.29 is 9.90 Å². The fraction of sp³-hybridized carbons (Fsp3) is 0.375. The number of rotatable bonds is 4. The minimum atomic E-state index is -0.896. The maximum atomic E-state index is 11.4. The van der Waals surface area contributed by atoms with Crippen LogP contribution in [0.15, 0.2) is 29.6 Å². The summed E-state index contributed by atoms with van der Waals surface area (Å²) in [5.74, 6) is -0.896. The van der Waals surface area contributed by atoms with Gasteiger partial charge in [-0.25, -0.2) is 9.78 Å². The van der Waals surface area contributed by atoms with E-state index < -0.39 is 5.97 Å². The SMILES string of the molecule is O=C(O)c1ccc(-c2cccs2)nc1CN1CCCCC1. The van der Waals surface area contributed by atoms with Crippen molar-refractivity contribution in [3.05, 3.63) is 40.9 Å². The highest BCUT2D eigenvalue weighted by Gasteiger charge is 2.18. The molecule has 1 aliphatic rings. The van der Waals surface area contributed by atoms with Crippen LogP contribution in [-0.4, -0.2) is 34.0 Å². The molecule has 21 heavy (non-hydrogen) atoms. The Morgan fingerprint density at radius 1 is 1.24 bits per heavy atom. The van der Waals surface area contributed by atoms with E-state index in [1.165, 1.54) is 19.3 Å². The van der Waals surface area contributed by atoms with Gasteiger partial charge in [-0.2, -0.15) is 0 Å². The first kappa shape index (κ1) is 14.2. The predicted octanol–water partition coefficient (Wildman–Crippen LogP) is 3.49. The molecule has 0 aliphatic carbocycles. The minimum absolute atomic E-state index is 0.320. The lowest BCUT2D eigenvalue weighted by molar-refractivity contribution is 0.0693. The number of pyridine rings is 1. The number of carbonyl (C=O) groups is 1. The minimum Gasteiger partial charge on any atom is -0.478 e. The standard InChI is InChI=1S/C16H18N2O2S/c19-16(20)12-6-7-13(15-5-4-10-21-15)17-14(12)11-18-8-2-1-3-9-18/h4-7,10H,1-3,8-9,11H2,(H,19,20). The highest BCUT2D eigenvalue weighted by Crippen LogP contribution is 2.25. The zero-order valence-electron chi connectivity index (χ0n) is 11.8. The normalized spacial score (nSPS) is 16.0. The highest BCUT2D eigenvalue weighted by atomic mass is 32.1. The van der Waals surface area contributed by atoms with Gasteiger partial charge in [0.05, 0.1) is 21.8 Å². The molecule has 0 bridgehead atoms. The van der Waals surface area contributed by atoms with E-state index >= 15 is 0 Å². The molecule has 3 rings (SSSR count). The van der Waals surface area contributed by atoms with Crippen LogP contribution in [0.5, 0.6) is 0 Å². The van der Waals surface area contributed by atoms with Gasteiger partial charge < -0.3 is 5.11 Å². The van der Waals surface area contributed by atoms with Crippen LogP contribution in [0.2, 0.25) is 0 Å². The Morgan fingerprint density at radius 2 is 2.05 bits per heavy atom. The quantitative estimate of drug-likeness (QED) is 0.939. The van der Waals surface area contributed by atoms with Crippen molar-refractivity contribution in [2.45, 2.75) is 25.8 Å². The molecule has 1 fully saturated rings. The lowest BCUT2D eigenvalue weighted by Gasteiger charge is -2.26. The van der Waals surface area contributed by atoms with Gasteiger partial charge in [0.15, 0.2) is 0 Å². The Hall–Kier alpha value is -1.72. The Balaban J connectivity index is 1.90. The second kappa shape index (κ2) is 6.37. The topological polar surface area (TPSA) is 53.4 Å². The van der Waals surface area contributed by atoms with Gasteiger partial charge in [0.25, 0.3) is 0 Å². The second-order valence-corrected chi connectivity index (χ2v) is 6.26. The summed E-state index contributed by atoms with van der Waals surface area (Å²) in [6.07, 6.45) is 3.64. The Labute approximate surface area is 128 Å². The van der Waals surface area contributed by atoms with Gasteiger partial charge in [0.1, 0.15) is 0 Å². The number of likely N-dealkylation sites (tertiary alicyclic amines) is 1. The Kier molecular flexibility index (Phi) is 4.31. The van der Waals surface area contributed by atoms with Crippen LogP contribution in [0.25, 0.3) is 10.6 Å². The summed E-state index contributed by atoms with van der Waals surface area (Å²) in [5, 5.41) is 11.4. The molecule has 0 aromatic carbocycles. The lowest BCUT2D eigenvalue weighted by atomic mass is 10.1. The van der Waals surface area contributed by atoms with Crippen LogP contribution < -0.4 is 0 Å². The van der Waals surface area contributed by atoms with Crippen molar-refractivity contribution in [1.29, 1.82) is 0 Å². The number of thiophene rings is 1. The van der Waals surface area contributed by atoms with Crippen LogP contribution in [0.1, 0.15) is 35.3 Å². The Morgan fingerprint density at radius 3 is 2.71 bits per heavy atom. The van der Waals surface area contributed by atoms with Gasteiger partial charge in [-0.3, -0.25) is 4.90 Å². The Bertz CT molecular complexity index is 619. The molecule has 0 atom stereocenters. The molecule has 5 heteroatoms. The van der Waals surface area contributed by atoms with Crippen LogP contribution >= 0.6 is 11.3 Å². The third-order valence-corrected chi connectivity index (χ3v) is 4.69. The van der Waals surface area contributed by atoms with Gasteiger partial charge >= 0.3 is 5.97 Å². The van der Waals surface area contributed by atoms with E-state index in [9.17, 15) is 9.90 Å². The molecular weight excluding hydrogens is 284 g/mol. The summed E-state index contributed by atoms with van der Waals surface area (Å²) in [6, 6.07) is 7.48. The number of aromatic carboxylic acids is 1. The molecule has 1 aliphatic heterocycles. The first-order valence-electron chi connectivity index (χ1n) is 7.23. The van der Waals surface area contributed by atoms with E-state index in [0.717, 1.165) is 23.7 Å². The van der Waals surface area contributed by atoms with Crippen molar-refractivity contribution in [2.24, 2.45) is 0 Å². The average molecular weight is 302 g/mol. The molecule has 0 saturated carbocycles. The summed E-state index contributed by atoms with van der Waals surface area (Å²) in [5.41, 5.74) is 1.86. The first-order valence-corrected chi connectivity index (χ1v) is 8.11. The maximum Gasteiger partial charge on any atom is 0.337 e. The van der Waals surface area contributed by atoms with Crippen molar-refractivity contribution >= 4 is 17.3 Å². The number of carboxylic acids is 1. The molecule has 0 radical (unpaired) electrons. The van der Waals surface area contributed by atoms with Gasteiger partial charge in [-0.1, -0.05) is 12.5 Å². The number of hydrogen-bond acceptors (Lipinski definition) is 4. The van der Waals surface area contributed by atoms with E-state index in [1.807, 2.05) is 17.5 Å². The summed E-state index contributed by atoms with van der Waals surface area (Å²) in [6.45, 7) is 2.69. The third-order valence-electron chi connectivity index (χ3n) is 3.80. The number of nitrogens with zero attached hydrogens (tertiary/aromatic N) is 2. The number of carboxylic acid groups (broad SMARTS) is 1. The first-order chi connectivity index (χ1) is 10.2. The molecule has 3 heterocycles. The van der Waals surface area contributed by atoms with Crippen molar-refractivity contribution in [3.8, 4) is 10.6 Å². The summed E-state index contributed by atoms with van der Waals surface area (Å²) in [4.78, 5) is 19.4. The summed E-state index contributed by atoms with van der Waals surface area (Å²) in [7, 11) is 0. The van der Waals surface area contributed by atoms with Crippen molar-refractivity contribution in [1.82, 2.24) is 9.88 Å². The highest BCUT2D eigenvalue weighted by molar-refractivity contribution is 7.13. The molecule has 0 spiro atoms. The van der Waals surface area contributed by atoms with Crippen LogP contribution in [0, 0.1) is 0 Å². The van der Waals surface area contributed by atoms with Gasteiger partial charge in [0, 0.05) is 6.54 Å². The maximum absolute atomic E-state index is 11.4. The third kappa shape index (κ3) is 3.31. The monoisotopic (exact) mass is 302 g/mol. The molecule has 110 valence electrons. The van der Waals surface area contributed by atoms with Crippen LogP contribution in [0.4, 0.5) is 0 Å². The largest absolute Gasteiger partial charge is 0.478 e. The molecular formula is C16H18N2O2S.